The molecule has 2 heterocycles. The Morgan fingerprint density at radius 1 is 1.18 bits per heavy atom. The van der Waals surface area contributed by atoms with E-state index >= 15 is 0 Å². The first-order valence-electron chi connectivity index (χ1n) is 13.6. The highest BCUT2D eigenvalue weighted by atomic mass is 16.7. The van der Waals surface area contributed by atoms with Crippen molar-refractivity contribution < 1.29 is 29.3 Å². The third kappa shape index (κ3) is 3.02. The van der Waals surface area contributed by atoms with Crippen molar-refractivity contribution in [3.05, 3.63) is 65.9 Å². The Bertz CT molecular complexity index is 1420. The molecule has 198 valence electrons. The number of carbonyl (C=O) groups excluding carboxylic acids is 2. The Morgan fingerprint density at radius 3 is 2.82 bits per heavy atom. The zero-order valence-corrected chi connectivity index (χ0v) is 21.7. The van der Waals surface area contributed by atoms with Crippen LogP contribution in [0.15, 0.2) is 60.2 Å². The van der Waals surface area contributed by atoms with Gasteiger partial charge < -0.3 is 19.7 Å². The maximum absolute atomic E-state index is 13.6. The minimum Gasteiger partial charge on any atom is -0.393 e. The van der Waals surface area contributed by atoms with Gasteiger partial charge in [0.15, 0.2) is 17.2 Å². The van der Waals surface area contributed by atoms with Gasteiger partial charge in [-0.1, -0.05) is 55.8 Å². The van der Waals surface area contributed by atoms with Crippen molar-refractivity contribution in [3.63, 3.8) is 0 Å². The van der Waals surface area contributed by atoms with Crippen LogP contribution in [0.2, 0.25) is 0 Å². The lowest BCUT2D eigenvalue weighted by molar-refractivity contribution is -0.199. The number of Topliss-reactive ketones (excluding diaryl/α,β-unsaturated/α-hetero) is 1. The van der Waals surface area contributed by atoms with Gasteiger partial charge in [-0.05, 0) is 49.3 Å². The van der Waals surface area contributed by atoms with Crippen LogP contribution >= 0.6 is 0 Å². The summed E-state index contributed by atoms with van der Waals surface area (Å²) in [6.07, 6.45) is 5.82. The molecule has 4 aliphatic carbocycles. The molecule has 5 aliphatic rings. The number of aliphatic hydroxyl groups excluding tert-OH is 2. The van der Waals surface area contributed by atoms with E-state index in [1.807, 2.05) is 49.4 Å². The molecule has 2 saturated carbocycles. The summed E-state index contributed by atoms with van der Waals surface area (Å²) in [6, 6.07) is 11.6. The number of hydrogen-bond acceptors (Lipinski definition) is 7. The van der Waals surface area contributed by atoms with E-state index in [2.05, 4.69) is 13.0 Å². The number of ether oxygens (including phenoxy) is 2. The zero-order chi connectivity index (χ0) is 26.4. The maximum Gasteiger partial charge on any atom is 0.202 e. The molecule has 2 aromatic rings. The van der Waals surface area contributed by atoms with E-state index in [1.165, 1.54) is 0 Å². The number of hydrogen-bond donors (Lipinski definition) is 2. The second-order valence-electron chi connectivity index (χ2n) is 12.3. The van der Waals surface area contributed by atoms with E-state index in [0.29, 0.717) is 25.0 Å². The predicted molar refractivity (Wildman–Crippen MR) is 139 cm³/mol. The second kappa shape index (κ2) is 8.15. The van der Waals surface area contributed by atoms with Crippen LogP contribution in [-0.4, -0.2) is 51.2 Å². The largest absolute Gasteiger partial charge is 0.393 e. The van der Waals surface area contributed by atoms with Gasteiger partial charge >= 0.3 is 0 Å². The molecule has 0 radical (unpaired) electrons. The van der Waals surface area contributed by atoms with Gasteiger partial charge in [-0.25, -0.2) is 4.98 Å². The summed E-state index contributed by atoms with van der Waals surface area (Å²) in [6.45, 7) is 3.51. The summed E-state index contributed by atoms with van der Waals surface area (Å²) in [5, 5.41) is 22.9. The summed E-state index contributed by atoms with van der Waals surface area (Å²) in [5.41, 5.74) is -0.0218. The maximum atomic E-state index is 13.6. The van der Waals surface area contributed by atoms with Gasteiger partial charge in [-0.2, -0.15) is 0 Å². The topological polar surface area (TPSA) is 106 Å². The Morgan fingerprint density at radius 2 is 2.00 bits per heavy atom. The van der Waals surface area contributed by atoms with Crippen LogP contribution in [0.3, 0.4) is 0 Å². The first kappa shape index (κ1) is 24.3. The normalized spacial score (nSPS) is 43.3. The fraction of sp³-hybridized carbons (Fsp3) is 0.516. The third-order valence-electron chi connectivity index (χ3n) is 10.6. The lowest BCUT2D eigenvalue weighted by Crippen LogP contribution is -2.63. The molecule has 38 heavy (non-hydrogen) atoms. The van der Waals surface area contributed by atoms with Gasteiger partial charge in [0, 0.05) is 28.6 Å². The fourth-order valence-corrected chi connectivity index (χ4v) is 8.94. The summed E-state index contributed by atoms with van der Waals surface area (Å²) in [5.74, 6) is -0.234. The van der Waals surface area contributed by atoms with Gasteiger partial charge in [-0.15, -0.1) is 0 Å². The van der Waals surface area contributed by atoms with Crippen molar-refractivity contribution in [2.45, 2.75) is 63.6 Å². The number of nitrogens with zero attached hydrogens (tertiary/aromatic N) is 1. The fourth-order valence-electron chi connectivity index (χ4n) is 8.94. The Hall–Kier alpha value is -2.71. The lowest BCUT2D eigenvalue weighted by atomic mass is 9.47. The van der Waals surface area contributed by atoms with Crippen LogP contribution < -0.4 is 0 Å². The number of rotatable bonds is 3. The SMILES string of the molecule is C[C@]12C=CC(=O)CC1=CC[C@@H]1[C@@H]2[C@@H](O)C[C@@]2(C)[C@H]1C[C@H]1OC(c3ccc4ccccc4n3)O[C@]12C(=O)CO. The molecule has 1 aliphatic heterocycles. The summed E-state index contributed by atoms with van der Waals surface area (Å²) >= 11 is 0. The Kier molecular flexibility index (Phi) is 5.22. The summed E-state index contributed by atoms with van der Waals surface area (Å²) in [7, 11) is 0. The number of aliphatic hydroxyl groups is 2. The molecule has 7 heteroatoms. The lowest BCUT2D eigenvalue weighted by Gasteiger charge is -2.59. The smallest absolute Gasteiger partial charge is 0.202 e. The van der Waals surface area contributed by atoms with Gasteiger partial charge in [0.1, 0.15) is 6.61 Å². The Labute approximate surface area is 221 Å². The first-order valence-corrected chi connectivity index (χ1v) is 13.6. The van der Waals surface area contributed by atoms with Crippen molar-refractivity contribution in [1.29, 1.82) is 0 Å². The molecule has 1 saturated heterocycles. The highest BCUT2D eigenvalue weighted by Gasteiger charge is 2.75. The molecule has 0 amide bonds. The molecule has 0 bridgehead atoms. The van der Waals surface area contributed by atoms with Crippen LogP contribution in [0.1, 0.15) is 51.5 Å². The minimum atomic E-state index is -1.38. The number of fused-ring (bicyclic) bond motifs is 8. The third-order valence-corrected chi connectivity index (χ3v) is 10.6. The number of pyridine rings is 1. The molecular weight excluding hydrogens is 482 g/mol. The van der Waals surface area contributed by atoms with E-state index in [9.17, 15) is 19.8 Å². The van der Waals surface area contributed by atoms with E-state index < -0.39 is 47.3 Å². The molecule has 9 atom stereocenters. The monoisotopic (exact) mass is 515 g/mol. The number of para-hydroxylation sites is 1. The van der Waals surface area contributed by atoms with Crippen molar-refractivity contribution in [1.82, 2.24) is 4.98 Å². The molecule has 7 rings (SSSR count). The predicted octanol–water partition coefficient (Wildman–Crippen LogP) is 3.84. The number of ketones is 2. The molecular formula is C31H33NO6. The molecule has 3 fully saturated rings. The molecule has 7 nitrogen and oxygen atoms in total. The molecule has 0 spiro atoms. The van der Waals surface area contributed by atoms with Crippen molar-refractivity contribution >= 4 is 22.5 Å². The molecule has 1 aromatic carbocycles. The van der Waals surface area contributed by atoms with Gasteiger partial charge in [0.2, 0.25) is 6.29 Å². The molecule has 1 unspecified atom stereocenters. The number of benzene rings is 1. The zero-order valence-electron chi connectivity index (χ0n) is 21.7. The van der Waals surface area contributed by atoms with E-state index in [4.69, 9.17) is 14.5 Å². The average molecular weight is 516 g/mol. The second-order valence-corrected chi connectivity index (χ2v) is 12.3. The number of allylic oxidation sites excluding steroid dienone is 4. The highest BCUT2D eigenvalue weighted by Crippen LogP contribution is 2.70. The van der Waals surface area contributed by atoms with Crippen molar-refractivity contribution in [2.75, 3.05) is 6.61 Å². The standard InChI is InChI=1S/C31H33NO6/c1-29-12-11-19(34)13-18(29)8-9-20-21-14-26-31(25(36)16-33,30(21,2)15-24(35)27(20)29)38-28(37-26)23-10-7-17-5-3-4-6-22(17)32-23/h3-8,10-12,20-21,24,26-28,33,35H,9,13-16H2,1-2H3/t20-,21-,24-,26+,27+,28?,29-,30-,31+/m0/s1. The van der Waals surface area contributed by atoms with Crippen molar-refractivity contribution in [2.24, 2.45) is 28.6 Å². The molecule has 1 aromatic heterocycles. The summed E-state index contributed by atoms with van der Waals surface area (Å²) in [4.78, 5) is 30.5. The quantitative estimate of drug-likeness (QED) is 0.599. The summed E-state index contributed by atoms with van der Waals surface area (Å²) < 4.78 is 13.1. The van der Waals surface area contributed by atoms with E-state index in [-0.39, 0.29) is 23.5 Å². The van der Waals surface area contributed by atoms with Crippen LogP contribution in [-0.2, 0) is 19.1 Å². The van der Waals surface area contributed by atoms with Gasteiger partial charge in [0.25, 0.3) is 0 Å². The Balaban J connectivity index is 1.28. The van der Waals surface area contributed by atoms with Gasteiger partial charge in [-0.3, -0.25) is 9.59 Å². The molecule has 2 N–H and O–H groups in total. The van der Waals surface area contributed by atoms with Crippen molar-refractivity contribution in [3.8, 4) is 0 Å². The van der Waals surface area contributed by atoms with Crippen LogP contribution in [0.25, 0.3) is 10.9 Å². The highest BCUT2D eigenvalue weighted by molar-refractivity contribution is 5.93. The van der Waals surface area contributed by atoms with Crippen LogP contribution in [0, 0.1) is 28.6 Å². The van der Waals surface area contributed by atoms with E-state index in [1.54, 1.807) is 6.08 Å². The van der Waals surface area contributed by atoms with Gasteiger partial charge in [0.05, 0.1) is 23.4 Å². The van der Waals surface area contributed by atoms with Crippen LogP contribution in [0.5, 0.6) is 0 Å². The first-order chi connectivity index (χ1) is 18.2. The van der Waals surface area contributed by atoms with E-state index in [0.717, 1.165) is 22.9 Å². The van der Waals surface area contributed by atoms with Crippen LogP contribution in [0.4, 0.5) is 0 Å². The minimum absolute atomic E-state index is 0.0440. The number of carbonyl (C=O) groups is 2. The average Bonchev–Trinajstić information content (AvgIpc) is 3.41. The number of aromatic nitrogens is 1.